The summed E-state index contributed by atoms with van der Waals surface area (Å²) in [5.74, 6) is -0.235. The predicted molar refractivity (Wildman–Crippen MR) is 388 cm³/mol. The number of rotatable bonds is 66. The molecule has 19 heteroatoms. The third kappa shape index (κ3) is 40.7. The monoisotopic (exact) mass is 1400 g/mol. The van der Waals surface area contributed by atoms with Crippen LogP contribution in [-0.4, -0.2) is 193 Å². The van der Waals surface area contributed by atoms with Crippen LogP contribution in [0.3, 0.4) is 0 Å². The number of ether oxygens (including phenoxy) is 6. The van der Waals surface area contributed by atoms with E-state index in [1.54, 1.807) is 0 Å². The summed E-state index contributed by atoms with van der Waals surface area (Å²) < 4.78 is 34.5. The zero-order valence-electron chi connectivity index (χ0n) is 62.1. The lowest BCUT2D eigenvalue weighted by atomic mass is 9.96. The number of amides is 1. The molecule has 3 saturated heterocycles. The molecule has 0 saturated carbocycles. The molecule has 580 valence electrons. The van der Waals surface area contributed by atoms with Gasteiger partial charge in [-0.25, -0.2) is 0 Å². The van der Waals surface area contributed by atoms with Crippen LogP contribution in [0, 0.1) is 0 Å². The van der Waals surface area contributed by atoms with Crippen LogP contribution in [0.5, 0.6) is 0 Å². The van der Waals surface area contributed by atoms with Crippen molar-refractivity contribution in [2.75, 3.05) is 26.4 Å². The second-order valence-electron chi connectivity index (χ2n) is 29.6. The highest BCUT2D eigenvalue weighted by Gasteiger charge is 2.54. The van der Waals surface area contributed by atoms with E-state index in [4.69, 9.17) is 28.4 Å². The van der Waals surface area contributed by atoms with Crippen LogP contribution in [0.1, 0.15) is 354 Å². The van der Waals surface area contributed by atoms with Gasteiger partial charge in [-0.2, -0.15) is 0 Å². The second-order valence-corrected chi connectivity index (χ2v) is 29.6. The Morgan fingerprint density at radius 2 is 0.643 bits per heavy atom. The van der Waals surface area contributed by atoms with E-state index < -0.39 is 124 Å². The molecule has 0 aliphatic carbocycles. The van der Waals surface area contributed by atoms with Gasteiger partial charge in [-0.1, -0.05) is 321 Å². The Kier molecular flexibility index (Phi) is 56.3. The molecule has 0 spiro atoms. The molecule has 12 N–H and O–H groups in total. The Morgan fingerprint density at radius 3 is 0.990 bits per heavy atom. The molecule has 0 aromatic rings. The first-order valence-electron chi connectivity index (χ1n) is 40.9. The highest BCUT2D eigenvalue weighted by Crippen LogP contribution is 2.33. The summed E-state index contributed by atoms with van der Waals surface area (Å²) in [7, 11) is 0. The van der Waals surface area contributed by atoms with Crippen molar-refractivity contribution in [2.24, 2.45) is 0 Å². The van der Waals surface area contributed by atoms with Gasteiger partial charge in [0.15, 0.2) is 18.9 Å². The van der Waals surface area contributed by atoms with Crippen LogP contribution in [0.4, 0.5) is 0 Å². The minimum Gasteiger partial charge on any atom is -0.394 e. The van der Waals surface area contributed by atoms with Gasteiger partial charge in [-0.3, -0.25) is 4.79 Å². The fraction of sp³-hybridized carbons (Fsp3) is 0.962. The summed E-state index contributed by atoms with van der Waals surface area (Å²) in [4.78, 5) is 13.5. The summed E-state index contributed by atoms with van der Waals surface area (Å²) >= 11 is 0. The molecule has 3 rings (SSSR count). The third-order valence-corrected chi connectivity index (χ3v) is 20.8. The van der Waals surface area contributed by atoms with E-state index >= 15 is 0 Å². The van der Waals surface area contributed by atoms with Crippen LogP contribution in [-0.2, 0) is 33.2 Å². The van der Waals surface area contributed by atoms with Gasteiger partial charge >= 0.3 is 0 Å². The average molecular weight is 1400 g/mol. The predicted octanol–water partition coefficient (Wildman–Crippen LogP) is 13.6. The summed E-state index contributed by atoms with van der Waals surface area (Å²) in [6, 6.07) is -0.886. The molecular weight excluding hydrogens is 1250 g/mol. The maximum atomic E-state index is 13.5. The summed E-state index contributed by atoms with van der Waals surface area (Å²) in [6.07, 6.45) is 44.4. The molecule has 3 aliphatic rings. The van der Waals surface area contributed by atoms with Gasteiger partial charge in [-0.05, 0) is 38.5 Å². The van der Waals surface area contributed by atoms with Gasteiger partial charge in [0.1, 0.15) is 73.2 Å². The van der Waals surface area contributed by atoms with Crippen LogP contribution in [0.25, 0.3) is 0 Å². The normalized spacial score (nSPS) is 26.7. The molecular formula is C79H151NO18. The van der Waals surface area contributed by atoms with Crippen molar-refractivity contribution in [2.45, 2.75) is 458 Å². The van der Waals surface area contributed by atoms with Gasteiger partial charge in [0, 0.05) is 6.42 Å². The molecule has 19 nitrogen and oxygen atoms in total. The summed E-state index contributed by atoms with van der Waals surface area (Å²) in [5.41, 5.74) is 0. The van der Waals surface area contributed by atoms with E-state index in [0.717, 1.165) is 44.9 Å². The first kappa shape index (κ1) is 90.7. The maximum Gasteiger partial charge on any atom is 0.220 e. The lowest BCUT2D eigenvalue weighted by molar-refractivity contribution is -0.379. The fourth-order valence-electron chi connectivity index (χ4n) is 14.3. The van der Waals surface area contributed by atoms with E-state index in [0.29, 0.717) is 12.8 Å². The van der Waals surface area contributed by atoms with Crippen molar-refractivity contribution in [3.05, 3.63) is 12.2 Å². The Morgan fingerprint density at radius 1 is 0.357 bits per heavy atom. The highest BCUT2D eigenvalue weighted by molar-refractivity contribution is 5.76. The van der Waals surface area contributed by atoms with Crippen LogP contribution in [0.2, 0.25) is 0 Å². The van der Waals surface area contributed by atoms with Gasteiger partial charge in [0.05, 0.1) is 38.6 Å². The zero-order chi connectivity index (χ0) is 71.1. The number of hydrogen-bond acceptors (Lipinski definition) is 18. The number of aliphatic hydroxyl groups is 11. The largest absolute Gasteiger partial charge is 0.394 e. The number of carbonyl (C=O) groups excluding carboxylic acids is 1. The SMILES string of the molecule is CCCCCCCCCC/C=C\CCCCCCCCCCCCCCCCCC(=O)NC(COC1OC(CO)C(OC2OC(CO)C(OC3OC(CO)C(O)C(O)C3O)C(O)C2O)C(O)C1O)C(O)CCCCCCCCCCCCCCCCCCCCCCCCCCCC. The quantitative estimate of drug-likeness (QED) is 0.0199. The fourth-order valence-corrected chi connectivity index (χ4v) is 14.3. The molecule has 3 heterocycles. The first-order valence-corrected chi connectivity index (χ1v) is 40.9. The molecule has 0 aromatic carbocycles. The van der Waals surface area contributed by atoms with E-state index in [-0.39, 0.29) is 18.9 Å². The topological polar surface area (TPSA) is 307 Å². The molecule has 3 aliphatic heterocycles. The van der Waals surface area contributed by atoms with Crippen molar-refractivity contribution in [1.82, 2.24) is 5.32 Å². The number of aliphatic hydroxyl groups excluding tert-OH is 11. The van der Waals surface area contributed by atoms with E-state index in [9.17, 15) is 61.0 Å². The van der Waals surface area contributed by atoms with Crippen LogP contribution in [0.15, 0.2) is 12.2 Å². The van der Waals surface area contributed by atoms with Gasteiger partial charge in [0.2, 0.25) is 5.91 Å². The Bertz CT molecular complexity index is 1820. The second kappa shape index (κ2) is 60.8. The third-order valence-electron chi connectivity index (χ3n) is 20.8. The van der Waals surface area contributed by atoms with E-state index in [1.807, 2.05) is 0 Å². The molecule has 0 bridgehead atoms. The number of allylic oxidation sites excluding steroid dienone is 2. The van der Waals surface area contributed by atoms with Crippen LogP contribution < -0.4 is 5.32 Å². The molecule has 0 radical (unpaired) electrons. The van der Waals surface area contributed by atoms with Crippen molar-refractivity contribution < 1.29 is 89.4 Å². The molecule has 17 atom stereocenters. The van der Waals surface area contributed by atoms with Crippen LogP contribution >= 0.6 is 0 Å². The average Bonchev–Trinajstić information content (AvgIpc) is 0.785. The Balaban J connectivity index is 1.37. The first-order chi connectivity index (χ1) is 47.8. The lowest BCUT2D eigenvalue weighted by Gasteiger charge is -2.48. The number of carbonyl (C=O) groups is 1. The molecule has 0 aromatic heterocycles. The van der Waals surface area contributed by atoms with Crippen molar-refractivity contribution >= 4 is 5.91 Å². The zero-order valence-corrected chi connectivity index (χ0v) is 62.1. The maximum absolute atomic E-state index is 13.5. The number of hydrogen-bond donors (Lipinski definition) is 12. The smallest absolute Gasteiger partial charge is 0.220 e. The molecule has 1 amide bonds. The molecule has 98 heavy (non-hydrogen) atoms. The number of nitrogens with one attached hydrogen (secondary N) is 1. The number of unbranched alkanes of at least 4 members (excludes halogenated alkanes) is 48. The van der Waals surface area contributed by atoms with E-state index in [2.05, 4.69) is 31.3 Å². The Hall–Kier alpha value is -1.47. The van der Waals surface area contributed by atoms with Crippen molar-refractivity contribution in [3.8, 4) is 0 Å². The van der Waals surface area contributed by atoms with Gasteiger partial charge in [0.25, 0.3) is 0 Å². The standard InChI is InChI=1S/C79H151NO18/c1-3-5-7-9-11-13-15-17-19-21-23-25-27-29-31-33-35-37-39-41-43-45-47-49-51-53-55-57-67(85)80-62(63(84)56-54-52-50-48-46-44-42-40-38-36-34-32-30-28-26-24-22-20-18-16-14-12-10-8-6-4-2)61-93-77-73(91)70(88)75(65(59-82)95-77)98-79-74(92)71(89)76(66(60-83)96-79)97-78-72(90)69(87)68(86)64(58-81)94-78/h21,23,62-66,68-79,81-84,86-92H,3-20,22,24-61H2,1-2H3,(H,80,85)/b23-21-. The summed E-state index contributed by atoms with van der Waals surface area (Å²) in [5, 5.41) is 121. The molecule has 3 fully saturated rings. The Labute approximate surface area is 595 Å². The van der Waals surface area contributed by atoms with Gasteiger partial charge < -0.3 is 89.9 Å². The van der Waals surface area contributed by atoms with Gasteiger partial charge in [-0.15, -0.1) is 0 Å². The molecule has 17 unspecified atom stereocenters. The highest BCUT2D eigenvalue weighted by atomic mass is 16.8. The minimum atomic E-state index is -1.97. The minimum absolute atomic E-state index is 0.235. The van der Waals surface area contributed by atoms with E-state index in [1.165, 1.54) is 276 Å². The van der Waals surface area contributed by atoms with Crippen molar-refractivity contribution in [3.63, 3.8) is 0 Å². The van der Waals surface area contributed by atoms with Crippen molar-refractivity contribution in [1.29, 1.82) is 0 Å². The lowest BCUT2D eigenvalue weighted by Crippen LogP contribution is -2.66. The summed E-state index contributed by atoms with van der Waals surface area (Å²) in [6.45, 7) is 1.87.